The predicted molar refractivity (Wildman–Crippen MR) is 114 cm³/mol. The highest BCUT2D eigenvalue weighted by Crippen LogP contribution is 2.28. The van der Waals surface area contributed by atoms with Gasteiger partial charge in [-0.2, -0.15) is 0 Å². The molecule has 0 unspecified atom stereocenters. The first-order valence-corrected chi connectivity index (χ1v) is 9.22. The molecule has 8 heteroatoms. The molecule has 7 nitrogen and oxygen atoms in total. The molecule has 0 radical (unpaired) electrons. The third-order valence-electron chi connectivity index (χ3n) is 4.49. The summed E-state index contributed by atoms with van der Waals surface area (Å²) in [4.78, 5) is 18.5. The molecule has 2 heterocycles. The summed E-state index contributed by atoms with van der Waals surface area (Å²) in [6.07, 6.45) is 5.36. The number of carbonyl (C=O) groups is 1. The molecule has 0 bridgehead atoms. The van der Waals surface area contributed by atoms with E-state index in [0.717, 1.165) is 16.9 Å². The number of phenolic OH excluding ortho intramolecular Hbond substituents is 1. The molecule has 1 amide bonds. The molecule has 1 saturated heterocycles. The van der Waals surface area contributed by atoms with Gasteiger partial charge in [0.15, 0.2) is 5.11 Å². The number of nitrogens with one attached hydrogen (secondary N) is 1. The number of hydrogen-bond acceptors (Lipinski definition) is 5. The molecule has 1 fully saturated rings. The predicted octanol–water partition coefficient (Wildman–Crippen LogP) is 3.16. The van der Waals surface area contributed by atoms with Crippen molar-refractivity contribution in [1.82, 2.24) is 14.9 Å². The Bertz CT molecular complexity index is 1140. The molecule has 2 aromatic carbocycles. The quantitative estimate of drug-likeness (QED) is 0.512. The summed E-state index contributed by atoms with van der Waals surface area (Å²) in [7, 11) is 1.60. The third-order valence-corrected chi connectivity index (χ3v) is 4.78. The molecule has 2 N–H and O–H groups in total. The van der Waals surface area contributed by atoms with Crippen molar-refractivity contribution in [3.05, 3.63) is 71.9 Å². The Morgan fingerprint density at radius 2 is 1.97 bits per heavy atom. The first-order valence-electron chi connectivity index (χ1n) is 8.81. The van der Waals surface area contributed by atoms with Gasteiger partial charge < -0.3 is 19.7 Å². The van der Waals surface area contributed by atoms with Crippen molar-refractivity contribution < 1.29 is 14.6 Å². The normalized spacial score (nSPS) is 15.1. The highest BCUT2D eigenvalue weighted by atomic mass is 32.1. The fourth-order valence-electron chi connectivity index (χ4n) is 3.09. The number of ether oxygens (including phenoxy) is 1. The van der Waals surface area contributed by atoms with Crippen molar-refractivity contribution >= 4 is 35.0 Å². The van der Waals surface area contributed by atoms with Crippen LogP contribution < -0.4 is 15.0 Å². The topological polar surface area (TPSA) is 79.6 Å². The molecule has 0 saturated carbocycles. The second kappa shape index (κ2) is 7.40. The fourth-order valence-corrected chi connectivity index (χ4v) is 3.39. The van der Waals surface area contributed by atoms with Crippen LogP contribution in [-0.2, 0) is 4.79 Å². The molecule has 0 atom stereocenters. The van der Waals surface area contributed by atoms with Gasteiger partial charge >= 0.3 is 0 Å². The largest absolute Gasteiger partial charge is 0.508 e. The van der Waals surface area contributed by atoms with Gasteiger partial charge in [0.25, 0.3) is 5.91 Å². The number of aryl methyl sites for hydroxylation is 1. The highest BCUT2D eigenvalue weighted by molar-refractivity contribution is 7.80. The lowest BCUT2D eigenvalue weighted by Crippen LogP contribution is -2.30. The van der Waals surface area contributed by atoms with Crippen molar-refractivity contribution in [1.29, 1.82) is 0 Å². The van der Waals surface area contributed by atoms with Crippen LogP contribution in [0.4, 0.5) is 5.69 Å². The first kappa shape index (κ1) is 18.7. The lowest BCUT2D eigenvalue weighted by atomic mass is 10.1. The zero-order valence-electron chi connectivity index (χ0n) is 15.8. The van der Waals surface area contributed by atoms with E-state index >= 15 is 0 Å². The Morgan fingerprint density at radius 3 is 2.62 bits per heavy atom. The second-order valence-electron chi connectivity index (χ2n) is 6.50. The molecule has 1 aliphatic rings. The van der Waals surface area contributed by atoms with Crippen LogP contribution in [0.25, 0.3) is 11.8 Å². The Kier molecular flexibility index (Phi) is 4.77. The van der Waals surface area contributed by atoms with Crippen LogP contribution in [0.1, 0.15) is 11.3 Å². The number of nitrogens with zero attached hydrogens (tertiary/aromatic N) is 3. The lowest BCUT2D eigenvalue weighted by molar-refractivity contribution is -0.113. The minimum Gasteiger partial charge on any atom is -0.508 e. The van der Waals surface area contributed by atoms with Crippen molar-refractivity contribution in [2.45, 2.75) is 6.92 Å². The number of anilines is 1. The minimum atomic E-state index is -0.269. The van der Waals surface area contributed by atoms with E-state index in [9.17, 15) is 9.90 Å². The van der Waals surface area contributed by atoms with E-state index in [-0.39, 0.29) is 16.8 Å². The van der Waals surface area contributed by atoms with Crippen LogP contribution in [0.15, 0.2) is 60.7 Å². The standard InChI is InChI=1S/C21H18N4O3S/c1-13-11-24(12-22-13)18-8-3-14(10-19(18)28-2)9-17-20(27)25(21(29)23-17)15-4-6-16(26)7-5-15/h3-12,26H,1-2H3,(H,23,29)/b17-9-. The Morgan fingerprint density at radius 1 is 1.21 bits per heavy atom. The zero-order chi connectivity index (χ0) is 20.5. The van der Waals surface area contributed by atoms with Gasteiger partial charge in [-0.05, 0) is 67.2 Å². The summed E-state index contributed by atoms with van der Waals surface area (Å²) < 4.78 is 7.40. The molecule has 0 aliphatic carbocycles. The van der Waals surface area contributed by atoms with E-state index in [0.29, 0.717) is 17.1 Å². The summed E-state index contributed by atoms with van der Waals surface area (Å²) in [5.41, 5.74) is 3.48. The van der Waals surface area contributed by atoms with Crippen molar-refractivity contribution in [3.8, 4) is 17.2 Å². The summed E-state index contributed by atoms with van der Waals surface area (Å²) in [5, 5.41) is 12.7. The van der Waals surface area contributed by atoms with Gasteiger partial charge in [0.05, 0.1) is 30.5 Å². The number of phenols is 1. The van der Waals surface area contributed by atoms with Crippen LogP contribution in [0.3, 0.4) is 0 Å². The Labute approximate surface area is 172 Å². The van der Waals surface area contributed by atoms with Gasteiger partial charge in [-0.15, -0.1) is 0 Å². The monoisotopic (exact) mass is 406 g/mol. The van der Waals surface area contributed by atoms with Crippen LogP contribution >= 0.6 is 12.2 Å². The summed E-state index contributed by atoms with van der Waals surface area (Å²) in [6.45, 7) is 1.92. The average molecular weight is 406 g/mol. The Balaban J connectivity index is 1.65. The number of rotatable bonds is 4. The molecule has 4 rings (SSSR count). The maximum absolute atomic E-state index is 12.9. The lowest BCUT2D eigenvalue weighted by Gasteiger charge is -2.13. The van der Waals surface area contributed by atoms with Gasteiger partial charge in [-0.3, -0.25) is 9.69 Å². The van der Waals surface area contributed by atoms with E-state index in [1.807, 2.05) is 35.9 Å². The fraction of sp³-hybridized carbons (Fsp3) is 0.0952. The number of aromatic nitrogens is 2. The van der Waals surface area contributed by atoms with Crippen molar-refractivity contribution in [2.24, 2.45) is 0 Å². The number of imidazole rings is 1. The van der Waals surface area contributed by atoms with Crippen LogP contribution in [0, 0.1) is 6.92 Å². The molecule has 29 heavy (non-hydrogen) atoms. The molecule has 1 aliphatic heterocycles. The smallest absolute Gasteiger partial charge is 0.281 e. The van der Waals surface area contributed by atoms with Gasteiger partial charge in [-0.1, -0.05) is 6.07 Å². The number of amides is 1. The molecule has 0 spiro atoms. The van der Waals surface area contributed by atoms with Crippen LogP contribution in [-0.4, -0.2) is 32.8 Å². The number of benzene rings is 2. The van der Waals surface area contributed by atoms with Crippen molar-refractivity contribution in [3.63, 3.8) is 0 Å². The molecular weight excluding hydrogens is 388 g/mol. The molecule has 3 aromatic rings. The van der Waals surface area contributed by atoms with E-state index in [4.69, 9.17) is 17.0 Å². The molecular formula is C21H18N4O3S. The van der Waals surface area contributed by atoms with E-state index in [2.05, 4.69) is 10.3 Å². The number of methoxy groups -OCH3 is 1. The average Bonchev–Trinajstić information content (AvgIpc) is 3.25. The van der Waals surface area contributed by atoms with Crippen molar-refractivity contribution in [2.75, 3.05) is 12.0 Å². The number of aromatic hydroxyl groups is 1. The highest BCUT2D eigenvalue weighted by Gasteiger charge is 2.31. The van der Waals surface area contributed by atoms with Gasteiger partial charge in [0.2, 0.25) is 0 Å². The van der Waals surface area contributed by atoms with E-state index in [1.54, 1.807) is 31.6 Å². The summed E-state index contributed by atoms with van der Waals surface area (Å²) in [6, 6.07) is 11.9. The maximum atomic E-state index is 12.9. The van der Waals surface area contributed by atoms with E-state index in [1.165, 1.54) is 17.0 Å². The first-order chi connectivity index (χ1) is 14.0. The summed E-state index contributed by atoms with van der Waals surface area (Å²) >= 11 is 5.32. The SMILES string of the molecule is COc1cc(/C=C2\NC(=S)N(c3ccc(O)cc3)C2=O)ccc1-n1cnc(C)c1. The molecule has 146 valence electrons. The van der Waals surface area contributed by atoms with Gasteiger partial charge in [0.1, 0.15) is 17.2 Å². The minimum absolute atomic E-state index is 0.121. The molecule has 1 aromatic heterocycles. The number of thiocarbonyl (C=S) groups is 1. The Hall–Kier alpha value is -3.65. The number of hydrogen-bond donors (Lipinski definition) is 2. The van der Waals surface area contributed by atoms with Gasteiger partial charge in [0, 0.05) is 6.20 Å². The summed E-state index contributed by atoms with van der Waals surface area (Å²) in [5.74, 6) is 0.504. The van der Waals surface area contributed by atoms with Gasteiger partial charge in [-0.25, -0.2) is 4.98 Å². The maximum Gasteiger partial charge on any atom is 0.281 e. The second-order valence-corrected chi connectivity index (χ2v) is 6.89. The van der Waals surface area contributed by atoms with E-state index < -0.39 is 0 Å². The van der Waals surface area contributed by atoms with Crippen LogP contribution in [0.5, 0.6) is 11.5 Å². The number of carbonyl (C=O) groups excluding carboxylic acids is 1. The third kappa shape index (κ3) is 3.57. The zero-order valence-corrected chi connectivity index (χ0v) is 16.6. The van der Waals surface area contributed by atoms with Crippen LogP contribution in [0.2, 0.25) is 0 Å².